The largest absolute Gasteiger partial charge is 0.335 e. The van der Waals surface area contributed by atoms with Crippen molar-refractivity contribution >= 4 is 45.4 Å². The number of carbonyl (C=O) groups is 1. The lowest BCUT2D eigenvalue weighted by molar-refractivity contribution is -0.115. The number of imidazole rings is 1. The van der Waals surface area contributed by atoms with Crippen molar-refractivity contribution in [1.29, 1.82) is 0 Å². The summed E-state index contributed by atoms with van der Waals surface area (Å²) in [5, 5.41) is 11.6. The van der Waals surface area contributed by atoms with E-state index in [0.29, 0.717) is 34.4 Å². The average Bonchev–Trinajstić information content (AvgIpc) is 3.52. The Bertz CT molecular complexity index is 1740. The fourth-order valence-corrected chi connectivity index (χ4v) is 4.22. The normalized spacial score (nSPS) is 11.3. The molecule has 5 heterocycles. The number of benzene rings is 1. The van der Waals surface area contributed by atoms with Crippen molar-refractivity contribution in [2.75, 3.05) is 5.32 Å². The highest BCUT2D eigenvalue weighted by Gasteiger charge is 2.16. The lowest BCUT2D eigenvalue weighted by Gasteiger charge is -2.05. The standard InChI is InChI=1S/C26H19ClN8O/c1-2-22(36)32-21-7-6-15(10-29-21)16-9-18-24(34-35-25(18)30-11-16)26-31-20-13-28-12-19(23(20)33-26)14-4-3-5-17(27)8-14/h3-13H,2H2,1H3,(H,31,33)(H,29,32,36)(H,30,34,35). The van der Waals surface area contributed by atoms with Crippen molar-refractivity contribution < 1.29 is 4.79 Å². The summed E-state index contributed by atoms with van der Waals surface area (Å²) in [5.74, 6) is 1.05. The molecule has 176 valence electrons. The van der Waals surface area contributed by atoms with E-state index in [1.54, 1.807) is 37.8 Å². The Morgan fingerprint density at radius 1 is 1.00 bits per heavy atom. The molecule has 1 aromatic carbocycles. The van der Waals surface area contributed by atoms with Crippen molar-refractivity contribution in [3.05, 3.63) is 72.3 Å². The fraction of sp³-hybridized carbons (Fsp3) is 0.0769. The SMILES string of the molecule is CCC(=O)Nc1ccc(-c2cnc3n[nH]c(-c4nc5c(-c6cccc(Cl)c6)cncc5[nH]4)c3c2)cn1. The predicted octanol–water partition coefficient (Wildman–Crippen LogP) is 5.63. The van der Waals surface area contributed by atoms with Crippen molar-refractivity contribution in [1.82, 2.24) is 35.1 Å². The lowest BCUT2D eigenvalue weighted by Crippen LogP contribution is -2.10. The van der Waals surface area contributed by atoms with Crippen LogP contribution in [0.15, 0.2) is 67.3 Å². The quantitative estimate of drug-likeness (QED) is 0.285. The van der Waals surface area contributed by atoms with Gasteiger partial charge in [0.2, 0.25) is 5.91 Å². The number of nitrogens with zero attached hydrogens (tertiary/aromatic N) is 5. The first-order valence-electron chi connectivity index (χ1n) is 11.3. The minimum absolute atomic E-state index is 0.0825. The van der Waals surface area contributed by atoms with Crippen LogP contribution in [0, 0.1) is 0 Å². The second-order valence-corrected chi connectivity index (χ2v) is 8.64. The number of fused-ring (bicyclic) bond motifs is 2. The number of carbonyl (C=O) groups excluding carboxylic acids is 1. The number of anilines is 1. The summed E-state index contributed by atoms with van der Waals surface area (Å²) in [7, 11) is 0. The Labute approximate surface area is 210 Å². The maximum atomic E-state index is 11.6. The first-order valence-corrected chi connectivity index (χ1v) is 11.7. The highest BCUT2D eigenvalue weighted by atomic mass is 35.5. The summed E-state index contributed by atoms with van der Waals surface area (Å²) >= 11 is 6.21. The van der Waals surface area contributed by atoms with Gasteiger partial charge in [-0.25, -0.2) is 15.0 Å². The monoisotopic (exact) mass is 494 g/mol. The highest BCUT2D eigenvalue weighted by Crippen LogP contribution is 2.32. The number of H-pyrrole nitrogens is 2. The van der Waals surface area contributed by atoms with Gasteiger partial charge >= 0.3 is 0 Å². The molecule has 0 saturated carbocycles. The zero-order valence-corrected chi connectivity index (χ0v) is 19.8. The van der Waals surface area contributed by atoms with E-state index < -0.39 is 0 Å². The first-order chi connectivity index (χ1) is 17.6. The molecule has 0 saturated heterocycles. The second-order valence-electron chi connectivity index (χ2n) is 8.21. The van der Waals surface area contributed by atoms with Gasteiger partial charge in [0.25, 0.3) is 0 Å². The Balaban J connectivity index is 1.40. The van der Waals surface area contributed by atoms with Gasteiger partial charge in [0.05, 0.1) is 22.6 Å². The van der Waals surface area contributed by atoms with Crippen molar-refractivity contribution in [2.45, 2.75) is 13.3 Å². The summed E-state index contributed by atoms with van der Waals surface area (Å²) in [6, 6.07) is 13.3. The van der Waals surface area contributed by atoms with E-state index in [1.807, 2.05) is 36.4 Å². The molecule has 3 N–H and O–H groups in total. The third kappa shape index (κ3) is 3.95. The molecule has 0 spiro atoms. The van der Waals surface area contributed by atoms with Crippen LogP contribution in [0.25, 0.3) is 55.8 Å². The van der Waals surface area contributed by atoms with Gasteiger partial charge in [-0.2, -0.15) is 5.10 Å². The van der Waals surface area contributed by atoms with Gasteiger partial charge in [-0.05, 0) is 35.9 Å². The average molecular weight is 495 g/mol. The maximum Gasteiger partial charge on any atom is 0.225 e. The van der Waals surface area contributed by atoms with E-state index in [2.05, 4.69) is 35.5 Å². The molecule has 0 fully saturated rings. The van der Waals surface area contributed by atoms with Crippen molar-refractivity contribution in [3.8, 4) is 33.8 Å². The summed E-state index contributed by atoms with van der Waals surface area (Å²) in [4.78, 5) is 33.1. The minimum atomic E-state index is -0.0825. The van der Waals surface area contributed by atoms with E-state index in [1.165, 1.54) is 0 Å². The number of aromatic amines is 2. The van der Waals surface area contributed by atoms with E-state index in [9.17, 15) is 4.79 Å². The number of hydrogen-bond acceptors (Lipinski definition) is 6. The van der Waals surface area contributed by atoms with Crippen LogP contribution < -0.4 is 5.32 Å². The van der Waals surface area contributed by atoms with Crippen LogP contribution in [0.1, 0.15) is 13.3 Å². The molecule has 0 aliphatic carbocycles. The molecule has 0 atom stereocenters. The van der Waals surface area contributed by atoms with Gasteiger partial charge < -0.3 is 10.3 Å². The summed E-state index contributed by atoms with van der Waals surface area (Å²) < 4.78 is 0. The summed E-state index contributed by atoms with van der Waals surface area (Å²) in [6.45, 7) is 1.80. The van der Waals surface area contributed by atoms with E-state index in [4.69, 9.17) is 16.6 Å². The zero-order valence-electron chi connectivity index (χ0n) is 19.1. The third-order valence-corrected chi connectivity index (χ3v) is 6.10. The van der Waals surface area contributed by atoms with Gasteiger partial charge in [-0.15, -0.1) is 0 Å². The van der Waals surface area contributed by atoms with Crippen LogP contribution in [-0.4, -0.2) is 41.0 Å². The molecule has 6 aromatic rings. The lowest BCUT2D eigenvalue weighted by atomic mass is 10.1. The van der Waals surface area contributed by atoms with Crippen LogP contribution in [0.4, 0.5) is 5.82 Å². The zero-order chi connectivity index (χ0) is 24.6. The number of aromatic nitrogens is 7. The molecular weight excluding hydrogens is 476 g/mol. The molecule has 5 aromatic heterocycles. The van der Waals surface area contributed by atoms with Crippen LogP contribution in [-0.2, 0) is 4.79 Å². The summed E-state index contributed by atoms with van der Waals surface area (Å²) in [6.07, 6.45) is 7.37. The molecule has 9 nitrogen and oxygen atoms in total. The van der Waals surface area contributed by atoms with Gasteiger partial charge in [0.15, 0.2) is 11.5 Å². The van der Waals surface area contributed by atoms with Gasteiger partial charge in [-0.3, -0.25) is 14.9 Å². The Hall–Kier alpha value is -4.63. The number of pyridine rings is 3. The van der Waals surface area contributed by atoms with Gasteiger partial charge in [-0.1, -0.05) is 30.7 Å². The van der Waals surface area contributed by atoms with Gasteiger partial charge in [0, 0.05) is 46.7 Å². The minimum Gasteiger partial charge on any atom is -0.335 e. The molecule has 36 heavy (non-hydrogen) atoms. The number of nitrogens with one attached hydrogen (secondary N) is 3. The molecule has 0 aliphatic heterocycles. The number of halogens is 1. The van der Waals surface area contributed by atoms with Crippen LogP contribution in [0.2, 0.25) is 5.02 Å². The maximum absolute atomic E-state index is 11.6. The Morgan fingerprint density at radius 2 is 1.89 bits per heavy atom. The summed E-state index contributed by atoms with van der Waals surface area (Å²) in [5.41, 5.74) is 6.40. The molecular formula is C26H19ClN8O. The Kier molecular flexibility index (Phi) is 5.38. The van der Waals surface area contributed by atoms with Crippen molar-refractivity contribution in [3.63, 3.8) is 0 Å². The number of amides is 1. The molecule has 0 radical (unpaired) electrons. The molecule has 6 rings (SSSR count). The smallest absolute Gasteiger partial charge is 0.225 e. The van der Waals surface area contributed by atoms with Crippen molar-refractivity contribution in [2.24, 2.45) is 0 Å². The van der Waals surface area contributed by atoms with Crippen LogP contribution in [0.3, 0.4) is 0 Å². The number of rotatable bonds is 5. The number of hydrogen-bond donors (Lipinski definition) is 3. The highest BCUT2D eigenvalue weighted by molar-refractivity contribution is 6.30. The molecule has 0 unspecified atom stereocenters. The van der Waals surface area contributed by atoms with Gasteiger partial charge in [0.1, 0.15) is 11.5 Å². The molecule has 1 amide bonds. The van der Waals surface area contributed by atoms with E-state index in [0.717, 1.165) is 38.7 Å². The fourth-order valence-electron chi connectivity index (χ4n) is 4.03. The molecule has 10 heteroatoms. The second kappa shape index (κ2) is 8.86. The van der Waals surface area contributed by atoms with Crippen LogP contribution >= 0.6 is 11.6 Å². The molecule has 0 aliphatic rings. The Morgan fingerprint density at radius 3 is 2.69 bits per heavy atom. The van der Waals surface area contributed by atoms with E-state index >= 15 is 0 Å². The topological polar surface area (TPSA) is 125 Å². The predicted molar refractivity (Wildman–Crippen MR) is 139 cm³/mol. The van der Waals surface area contributed by atoms with Crippen LogP contribution in [0.5, 0.6) is 0 Å². The first kappa shape index (κ1) is 21.9. The molecule has 0 bridgehead atoms. The third-order valence-electron chi connectivity index (χ3n) is 5.86. The van der Waals surface area contributed by atoms with E-state index in [-0.39, 0.29) is 5.91 Å².